The van der Waals surface area contributed by atoms with Gasteiger partial charge in [0, 0.05) is 5.02 Å². The van der Waals surface area contributed by atoms with Gasteiger partial charge in [-0.1, -0.05) is 28.3 Å². The van der Waals surface area contributed by atoms with E-state index >= 15 is 0 Å². The molecule has 0 saturated heterocycles. The van der Waals surface area contributed by atoms with Crippen LogP contribution in [0.15, 0.2) is 45.4 Å². The highest BCUT2D eigenvalue weighted by Gasteiger charge is 2.16. The summed E-state index contributed by atoms with van der Waals surface area (Å²) in [6.45, 7) is 0. The number of halogens is 2. The third kappa shape index (κ3) is 2.91. The van der Waals surface area contributed by atoms with Gasteiger partial charge in [-0.15, -0.1) is 5.10 Å². The molecule has 0 spiro atoms. The van der Waals surface area contributed by atoms with Gasteiger partial charge in [0.05, 0.1) is 16.8 Å². The molecule has 2 aromatic heterocycles. The summed E-state index contributed by atoms with van der Waals surface area (Å²) in [4.78, 5) is 12.1. The standard InChI is InChI=1S/C13H7Cl2N3O3/c14-7-3-4-8(9(15)6-7)11(19)16-13-18-17-12(21-13)10-2-1-5-20-10/h1-6H,(H,16,18,19). The molecule has 6 nitrogen and oxygen atoms in total. The molecule has 0 bridgehead atoms. The minimum absolute atomic E-state index is 0.0579. The van der Waals surface area contributed by atoms with Crippen molar-refractivity contribution in [1.82, 2.24) is 10.2 Å². The summed E-state index contributed by atoms with van der Waals surface area (Å²) in [5.41, 5.74) is 0.249. The van der Waals surface area contributed by atoms with E-state index in [0.29, 0.717) is 10.8 Å². The van der Waals surface area contributed by atoms with Gasteiger partial charge in [0.25, 0.3) is 11.8 Å². The van der Waals surface area contributed by atoms with Gasteiger partial charge < -0.3 is 8.83 Å². The highest BCUT2D eigenvalue weighted by molar-refractivity contribution is 6.37. The Hall–Kier alpha value is -2.31. The molecule has 106 valence electrons. The maximum atomic E-state index is 12.1. The topological polar surface area (TPSA) is 81.2 Å². The molecule has 3 aromatic rings. The summed E-state index contributed by atoms with van der Waals surface area (Å²) in [5.74, 6) is 0.0938. The fourth-order valence-corrected chi connectivity index (χ4v) is 2.11. The fourth-order valence-electron chi connectivity index (χ4n) is 1.61. The van der Waals surface area contributed by atoms with Crippen LogP contribution in [0.25, 0.3) is 11.7 Å². The summed E-state index contributed by atoms with van der Waals surface area (Å²) in [5, 5.41) is 10.6. The second kappa shape index (κ2) is 5.59. The normalized spacial score (nSPS) is 10.6. The number of carbonyl (C=O) groups is 1. The lowest BCUT2D eigenvalue weighted by Gasteiger charge is -2.03. The van der Waals surface area contributed by atoms with Crippen molar-refractivity contribution in [3.05, 3.63) is 52.2 Å². The molecule has 1 N–H and O–H groups in total. The molecule has 0 fully saturated rings. The van der Waals surface area contributed by atoms with Crippen LogP contribution in [0.2, 0.25) is 10.0 Å². The Morgan fingerprint density at radius 2 is 2.05 bits per heavy atom. The molecular weight excluding hydrogens is 317 g/mol. The van der Waals surface area contributed by atoms with Crippen LogP contribution in [0.1, 0.15) is 10.4 Å². The smallest absolute Gasteiger partial charge is 0.322 e. The summed E-state index contributed by atoms with van der Waals surface area (Å²) < 4.78 is 10.4. The van der Waals surface area contributed by atoms with Gasteiger partial charge in [0.2, 0.25) is 0 Å². The molecule has 0 saturated carbocycles. The molecule has 1 aromatic carbocycles. The first-order valence-corrected chi connectivity index (χ1v) is 6.53. The average molecular weight is 324 g/mol. The molecule has 0 atom stereocenters. The molecule has 0 unspecified atom stereocenters. The molecule has 21 heavy (non-hydrogen) atoms. The number of amides is 1. The number of nitrogens with one attached hydrogen (secondary N) is 1. The fraction of sp³-hybridized carbons (Fsp3) is 0. The Balaban J connectivity index is 1.79. The molecule has 0 radical (unpaired) electrons. The molecule has 3 rings (SSSR count). The monoisotopic (exact) mass is 323 g/mol. The lowest BCUT2D eigenvalue weighted by atomic mass is 10.2. The van der Waals surface area contributed by atoms with Crippen molar-refractivity contribution >= 4 is 35.1 Å². The molecule has 8 heteroatoms. The van der Waals surface area contributed by atoms with Crippen molar-refractivity contribution < 1.29 is 13.6 Å². The number of anilines is 1. The first-order valence-electron chi connectivity index (χ1n) is 5.77. The van der Waals surface area contributed by atoms with E-state index in [1.165, 1.54) is 18.4 Å². The van der Waals surface area contributed by atoms with Crippen molar-refractivity contribution in [1.29, 1.82) is 0 Å². The number of carbonyl (C=O) groups excluding carboxylic acids is 1. The summed E-state index contributed by atoms with van der Waals surface area (Å²) in [6.07, 6.45) is 1.48. The highest BCUT2D eigenvalue weighted by atomic mass is 35.5. The zero-order valence-corrected chi connectivity index (χ0v) is 11.9. The zero-order valence-electron chi connectivity index (χ0n) is 10.3. The van der Waals surface area contributed by atoms with Crippen molar-refractivity contribution in [2.24, 2.45) is 0 Å². The van der Waals surface area contributed by atoms with E-state index in [0.717, 1.165) is 0 Å². The lowest BCUT2D eigenvalue weighted by molar-refractivity contribution is 0.102. The van der Waals surface area contributed by atoms with Gasteiger partial charge in [-0.3, -0.25) is 10.1 Å². The van der Waals surface area contributed by atoms with Crippen molar-refractivity contribution in [3.8, 4) is 11.7 Å². The van der Waals surface area contributed by atoms with E-state index in [-0.39, 0.29) is 22.5 Å². The second-order valence-electron chi connectivity index (χ2n) is 3.97. The molecule has 0 aliphatic rings. The molecule has 0 aliphatic heterocycles. The minimum atomic E-state index is -0.480. The SMILES string of the molecule is O=C(Nc1nnc(-c2ccco2)o1)c1ccc(Cl)cc1Cl. The van der Waals surface area contributed by atoms with Gasteiger partial charge in [-0.25, -0.2) is 0 Å². The van der Waals surface area contributed by atoms with E-state index in [9.17, 15) is 4.79 Å². The Kier molecular flexibility index (Phi) is 3.64. The number of aromatic nitrogens is 2. The highest BCUT2D eigenvalue weighted by Crippen LogP contribution is 2.23. The van der Waals surface area contributed by atoms with Crippen molar-refractivity contribution in [2.75, 3.05) is 5.32 Å². The third-order valence-electron chi connectivity index (χ3n) is 2.55. The molecule has 0 aliphatic carbocycles. The van der Waals surface area contributed by atoms with E-state index in [2.05, 4.69) is 15.5 Å². The zero-order chi connectivity index (χ0) is 14.8. The van der Waals surface area contributed by atoms with E-state index in [4.69, 9.17) is 32.0 Å². The molecule has 1 amide bonds. The van der Waals surface area contributed by atoms with Crippen LogP contribution in [-0.4, -0.2) is 16.1 Å². The predicted molar refractivity (Wildman–Crippen MR) is 76.4 cm³/mol. The van der Waals surface area contributed by atoms with Gasteiger partial charge in [-0.05, 0) is 30.3 Å². The Labute approximate surface area is 128 Å². The van der Waals surface area contributed by atoms with Crippen LogP contribution in [0.3, 0.4) is 0 Å². The van der Waals surface area contributed by atoms with Crippen LogP contribution < -0.4 is 5.32 Å². The quantitative estimate of drug-likeness (QED) is 0.790. The average Bonchev–Trinajstić information content (AvgIpc) is 3.08. The van der Waals surface area contributed by atoms with Gasteiger partial charge >= 0.3 is 6.01 Å². The van der Waals surface area contributed by atoms with Crippen LogP contribution in [0, 0.1) is 0 Å². The second-order valence-corrected chi connectivity index (χ2v) is 4.81. The number of furan rings is 1. The number of hydrogen-bond acceptors (Lipinski definition) is 5. The number of benzene rings is 1. The van der Waals surface area contributed by atoms with Crippen LogP contribution in [0.5, 0.6) is 0 Å². The largest absolute Gasteiger partial charge is 0.459 e. The minimum Gasteiger partial charge on any atom is -0.459 e. The Bertz CT molecular complexity index is 784. The maximum Gasteiger partial charge on any atom is 0.322 e. The Morgan fingerprint density at radius 1 is 1.19 bits per heavy atom. The van der Waals surface area contributed by atoms with E-state index in [1.807, 2.05) is 0 Å². The third-order valence-corrected chi connectivity index (χ3v) is 3.10. The Morgan fingerprint density at radius 3 is 2.76 bits per heavy atom. The summed E-state index contributed by atoms with van der Waals surface area (Å²) >= 11 is 11.7. The first-order chi connectivity index (χ1) is 10.1. The lowest BCUT2D eigenvalue weighted by Crippen LogP contribution is -2.12. The van der Waals surface area contributed by atoms with E-state index < -0.39 is 5.91 Å². The van der Waals surface area contributed by atoms with Crippen molar-refractivity contribution in [2.45, 2.75) is 0 Å². The van der Waals surface area contributed by atoms with Gasteiger partial charge in [0.1, 0.15) is 0 Å². The number of rotatable bonds is 3. The molecular formula is C13H7Cl2N3O3. The first kappa shape index (κ1) is 13.7. The van der Waals surface area contributed by atoms with Crippen LogP contribution in [-0.2, 0) is 0 Å². The summed E-state index contributed by atoms with van der Waals surface area (Å²) in [6, 6.07) is 7.83. The van der Waals surface area contributed by atoms with Crippen molar-refractivity contribution in [3.63, 3.8) is 0 Å². The van der Waals surface area contributed by atoms with Gasteiger partial charge in [-0.2, -0.15) is 0 Å². The van der Waals surface area contributed by atoms with E-state index in [1.54, 1.807) is 18.2 Å². The maximum absolute atomic E-state index is 12.1. The van der Waals surface area contributed by atoms with Gasteiger partial charge in [0.15, 0.2) is 5.76 Å². The van der Waals surface area contributed by atoms with Crippen LogP contribution in [0.4, 0.5) is 6.01 Å². The number of nitrogens with zero attached hydrogens (tertiary/aromatic N) is 2. The van der Waals surface area contributed by atoms with Crippen LogP contribution >= 0.6 is 23.2 Å². The summed E-state index contributed by atoms with van der Waals surface area (Å²) in [7, 11) is 0. The molecule has 2 heterocycles. The number of hydrogen-bond donors (Lipinski definition) is 1. The predicted octanol–water partition coefficient (Wildman–Crippen LogP) is 3.89.